The van der Waals surface area contributed by atoms with Gasteiger partial charge in [-0.2, -0.15) is 0 Å². The van der Waals surface area contributed by atoms with Gasteiger partial charge in [-0.05, 0) is 36.4 Å². The van der Waals surface area contributed by atoms with Crippen molar-refractivity contribution in [2.45, 2.75) is 4.90 Å². The van der Waals surface area contributed by atoms with Crippen LogP contribution in [-0.4, -0.2) is 20.8 Å². The molecule has 0 saturated carbocycles. The van der Waals surface area contributed by atoms with Crippen molar-refractivity contribution >= 4 is 31.5 Å². The van der Waals surface area contributed by atoms with Crippen LogP contribution in [0.4, 0.5) is 10.1 Å². The minimum atomic E-state index is -3.76. The second-order valence-corrected chi connectivity index (χ2v) is 7.31. The van der Waals surface area contributed by atoms with Crippen LogP contribution in [0.2, 0.25) is 0 Å². The number of hydrogen-bond donors (Lipinski definition) is 1. The maximum Gasteiger partial charge on any atom is 0.184 e. The summed E-state index contributed by atoms with van der Waals surface area (Å²) in [6.45, 7) is -0.0669. The minimum absolute atomic E-state index is 0.0669. The summed E-state index contributed by atoms with van der Waals surface area (Å²) in [5, 5.41) is 0. The molecular formula is C14H13BrFNO3S. The highest BCUT2D eigenvalue weighted by molar-refractivity contribution is 9.10. The first-order chi connectivity index (χ1) is 9.88. The standard InChI is InChI=1S/C14H13BrFNO3S/c15-10-2-1-3-12(8-10)20-6-7-21(18,19)14-5-4-11(17)9-13(14)16/h1-5,8-9H,6-7,17H2. The monoisotopic (exact) mass is 373 g/mol. The number of benzene rings is 2. The summed E-state index contributed by atoms with van der Waals surface area (Å²) in [7, 11) is -3.76. The highest BCUT2D eigenvalue weighted by atomic mass is 79.9. The van der Waals surface area contributed by atoms with Gasteiger partial charge < -0.3 is 10.5 Å². The van der Waals surface area contributed by atoms with E-state index in [2.05, 4.69) is 15.9 Å². The second-order valence-electron chi connectivity index (χ2n) is 4.31. The SMILES string of the molecule is Nc1ccc(S(=O)(=O)CCOc2cccc(Br)c2)c(F)c1. The second kappa shape index (κ2) is 6.44. The van der Waals surface area contributed by atoms with Gasteiger partial charge in [0.05, 0.1) is 5.75 Å². The van der Waals surface area contributed by atoms with E-state index < -0.39 is 15.7 Å². The normalized spacial score (nSPS) is 11.3. The molecule has 0 aromatic heterocycles. The predicted molar refractivity (Wildman–Crippen MR) is 82.5 cm³/mol. The molecule has 0 aliphatic heterocycles. The quantitative estimate of drug-likeness (QED) is 0.817. The summed E-state index contributed by atoms with van der Waals surface area (Å²) in [4.78, 5) is -0.366. The first-order valence-corrected chi connectivity index (χ1v) is 8.49. The van der Waals surface area contributed by atoms with Gasteiger partial charge in [0.1, 0.15) is 23.1 Å². The average molecular weight is 374 g/mol. The van der Waals surface area contributed by atoms with E-state index in [1.807, 2.05) is 6.07 Å². The third kappa shape index (κ3) is 4.18. The molecule has 0 heterocycles. The lowest BCUT2D eigenvalue weighted by Crippen LogP contribution is -2.15. The summed E-state index contributed by atoms with van der Waals surface area (Å²) in [5.74, 6) is -0.629. The number of ether oxygens (including phenoxy) is 1. The zero-order chi connectivity index (χ0) is 15.5. The molecule has 0 aliphatic rings. The molecule has 2 aromatic carbocycles. The van der Waals surface area contributed by atoms with Gasteiger partial charge in [-0.25, -0.2) is 12.8 Å². The van der Waals surface area contributed by atoms with E-state index in [1.54, 1.807) is 18.2 Å². The van der Waals surface area contributed by atoms with Gasteiger partial charge in [-0.3, -0.25) is 0 Å². The molecule has 0 amide bonds. The van der Waals surface area contributed by atoms with Gasteiger partial charge in [0.15, 0.2) is 9.84 Å². The molecule has 7 heteroatoms. The van der Waals surface area contributed by atoms with Crippen molar-refractivity contribution in [2.24, 2.45) is 0 Å². The Morgan fingerprint density at radius 1 is 1.19 bits per heavy atom. The molecule has 0 fully saturated rings. The number of hydrogen-bond acceptors (Lipinski definition) is 4. The molecular weight excluding hydrogens is 361 g/mol. The maximum atomic E-state index is 13.6. The van der Waals surface area contributed by atoms with E-state index in [1.165, 1.54) is 12.1 Å². The van der Waals surface area contributed by atoms with E-state index in [0.29, 0.717) is 5.75 Å². The Hall–Kier alpha value is -1.60. The Morgan fingerprint density at radius 2 is 1.95 bits per heavy atom. The molecule has 0 radical (unpaired) electrons. The number of sulfone groups is 1. The van der Waals surface area contributed by atoms with E-state index >= 15 is 0 Å². The molecule has 2 N–H and O–H groups in total. The van der Waals surface area contributed by atoms with Crippen LogP contribution < -0.4 is 10.5 Å². The Kier molecular flexibility index (Phi) is 4.84. The van der Waals surface area contributed by atoms with Crippen molar-refractivity contribution in [3.8, 4) is 5.75 Å². The van der Waals surface area contributed by atoms with Crippen LogP contribution in [0.15, 0.2) is 51.8 Å². The molecule has 4 nitrogen and oxygen atoms in total. The fraction of sp³-hybridized carbons (Fsp3) is 0.143. The molecule has 0 bridgehead atoms. The molecule has 0 unspecified atom stereocenters. The van der Waals surface area contributed by atoms with E-state index in [-0.39, 0.29) is 22.9 Å². The third-order valence-corrected chi connectivity index (χ3v) is 4.91. The van der Waals surface area contributed by atoms with Gasteiger partial charge in [0.25, 0.3) is 0 Å². The zero-order valence-corrected chi connectivity index (χ0v) is 13.3. The van der Waals surface area contributed by atoms with Crippen LogP contribution in [0.1, 0.15) is 0 Å². The van der Waals surface area contributed by atoms with Crippen molar-refractivity contribution < 1.29 is 17.5 Å². The van der Waals surface area contributed by atoms with Crippen LogP contribution in [0.25, 0.3) is 0 Å². The molecule has 2 aromatic rings. The van der Waals surface area contributed by atoms with E-state index in [0.717, 1.165) is 10.5 Å². The number of anilines is 1. The molecule has 21 heavy (non-hydrogen) atoms. The topological polar surface area (TPSA) is 69.4 Å². The van der Waals surface area contributed by atoms with Crippen molar-refractivity contribution in [1.29, 1.82) is 0 Å². The van der Waals surface area contributed by atoms with Crippen molar-refractivity contribution in [3.05, 3.63) is 52.8 Å². The van der Waals surface area contributed by atoms with Crippen molar-refractivity contribution in [3.63, 3.8) is 0 Å². The van der Waals surface area contributed by atoms with Gasteiger partial charge in [-0.1, -0.05) is 22.0 Å². The summed E-state index contributed by atoms with van der Waals surface area (Å²) >= 11 is 3.29. The van der Waals surface area contributed by atoms with Crippen LogP contribution in [0, 0.1) is 5.82 Å². The summed E-state index contributed by atoms with van der Waals surface area (Å²) in [6.07, 6.45) is 0. The lowest BCUT2D eigenvalue weighted by molar-refractivity contribution is 0.340. The fourth-order valence-electron chi connectivity index (χ4n) is 1.71. The lowest BCUT2D eigenvalue weighted by Gasteiger charge is -2.08. The van der Waals surface area contributed by atoms with E-state index in [4.69, 9.17) is 10.5 Å². The maximum absolute atomic E-state index is 13.6. The third-order valence-electron chi connectivity index (χ3n) is 2.71. The zero-order valence-electron chi connectivity index (χ0n) is 10.9. The smallest absolute Gasteiger partial charge is 0.184 e. The summed E-state index contributed by atoms with van der Waals surface area (Å²) < 4.78 is 43.9. The Balaban J connectivity index is 2.05. The molecule has 0 atom stereocenters. The molecule has 112 valence electrons. The number of halogens is 2. The van der Waals surface area contributed by atoms with Gasteiger partial charge in [0, 0.05) is 10.2 Å². The predicted octanol–water partition coefficient (Wildman–Crippen LogP) is 3.02. The van der Waals surface area contributed by atoms with E-state index in [9.17, 15) is 12.8 Å². The highest BCUT2D eigenvalue weighted by Gasteiger charge is 2.19. The van der Waals surface area contributed by atoms with Gasteiger partial charge >= 0.3 is 0 Å². The first kappa shape index (κ1) is 15.8. The molecule has 2 rings (SSSR count). The van der Waals surface area contributed by atoms with Crippen LogP contribution >= 0.6 is 15.9 Å². The van der Waals surface area contributed by atoms with Crippen LogP contribution in [-0.2, 0) is 9.84 Å². The highest BCUT2D eigenvalue weighted by Crippen LogP contribution is 2.20. The number of rotatable bonds is 5. The lowest BCUT2D eigenvalue weighted by atomic mass is 10.3. The Bertz CT molecular complexity index is 750. The van der Waals surface area contributed by atoms with Gasteiger partial charge in [0.2, 0.25) is 0 Å². The molecule has 0 saturated heterocycles. The van der Waals surface area contributed by atoms with Crippen molar-refractivity contribution in [2.75, 3.05) is 18.1 Å². The van der Waals surface area contributed by atoms with Crippen LogP contribution in [0.3, 0.4) is 0 Å². The van der Waals surface area contributed by atoms with Gasteiger partial charge in [-0.15, -0.1) is 0 Å². The number of nitrogens with two attached hydrogens (primary N) is 1. The largest absolute Gasteiger partial charge is 0.492 e. The van der Waals surface area contributed by atoms with Crippen LogP contribution in [0.5, 0.6) is 5.75 Å². The Labute approximate surface area is 130 Å². The average Bonchev–Trinajstić information content (AvgIpc) is 2.38. The molecule has 0 spiro atoms. The molecule has 0 aliphatic carbocycles. The minimum Gasteiger partial charge on any atom is -0.492 e. The number of nitrogen functional groups attached to an aromatic ring is 1. The Morgan fingerprint density at radius 3 is 2.62 bits per heavy atom. The summed E-state index contributed by atoms with van der Waals surface area (Å²) in [6, 6.07) is 10.5. The first-order valence-electron chi connectivity index (χ1n) is 6.04. The summed E-state index contributed by atoms with van der Waals surface area (Å²) in [5.41, 5.74) is 5.57. The van der Waals surface area contributed by atoms with Crippen molar-refractivity contribution in [1.82, 2.24) is 0 Å². The fourth-order valence-corrected chi connectivity index (χ4v) is 3.24.